The molecule has 0 bridgehead atoms. The van der Waals surface area contributed by atoms with E-state index in [-0.39, 0.29) is 24.2 Å². The van der Waals surface area contributed by atoms with Crippen LogP contribution in [-0.4, -0.2) is 52.6 Å². The van der Waals surface area contributed by atoms with Gasteiger partial charge < -0.3 is 10.4 Å². The van der Waals surface area contributed by atoms with Gasteiger partial charge in [-0.2, -0.15) is 13.2 Å². The van der Waals surface area contributed by atoms with Gasteiger partial charge in [-0.1, -0.05) is 34.0 Å². The smallest absolute Gasteiger partial charge is 0.391 e. The van der Waals surface area contributed by atoms with Crippen LogP contribution >= 0.6 is 27.7 Å². The lowest BCUT2D eigenvalue weighted by Gasteiger charge is -2.38. The number of hydrogen-bond donors (Lipinski definition) is 3. The Hall–Kier alpha value is -1.28. The molecule has 10 heteroatoms. The monoisotopic (exact) mass is 554 g/mol. The molecule has 4 atom stereocenters. The predicted molar refractivity (Wildman–Crippen MR) is 129 cm³/mol. The first kappa shape index (κ1) is 29.8. The predicted octanol–water partition coefficient (Wildman–Crippen LogP) is 4.95. The fourth-order valence-corrected chi connectivity index (χ4v) is 4.16. The Balaban J connectivity index is 3.25. The van der Waals surface area contributed by atoms with Crippen LogP contribution in [0, 0.1) is 12.3 Å². The Bertz CT molecular complexity index is 807. The molecule has 0 fully saturated rings. The first-order chi connectivity index (χ1) is 15.1. The first-order valence-electron chi connectivity index (χ1n) is 10.4. The normalized spacial score (nSPS) is 16.9. The number of benzene rings is 1. The average molecular weight is 555 g/mol. The van der Waals surface area contributed by atoms with Gasteiger partial charge in [-0.15, -0.1) is 18.2 Å². The Kier molecular flexibility index (Phi) is 11.2. The van der Waals surface area contributed by atoms with Crippen LogP contribution in [0.5, 0.6) is 0 Å². The summed E-state index contributed by atoms with van der Waals surface area (Å²) in [4.78, 5) is 13.1. The van der Waals surface area contributed by atoms with Crippen molar-refractivity contribution in [2.45, 2.75) is 76.1 Å². The van der Waals surface area contributed by atoms with Gasteiger partial charge in [0.05, 0.1) is 23.9 Å². The number of hydrogen-bond acceptors (Lipinski definition) is 4. The van der Waals surface area contributed by atoms with Gasteiger partial charge in [-0.25, -0.2) is 4.39 Å². The molecule has 0 saturated heterocycles. The summed E-state index contributed by atoms with van der Waals surface area (Å²) >= 11 is 4.51. The number of aliphatic hydroxyl groups excluding tert-OH is 1. The van der Waals surface area contributed by atoms with Crippen LogP contribution in [0.15, 0.2) is 28.7 Å². The van der Waals surface area contributed by atoms with Gasteiger partial charge in [0.2, 0.25) is 5.91 Å². The number of alkyl halides is 4. The summed E-state index contributed by atoms with van der Waals surface area (Å²) in [6, 6.07) is 3.49. The summed E-state index contributed by atoms with van der Waals surface area (Å²) < 4.78 is 57.5. The van der Waals surface area contributed by atoms with Crippen molar-refractivity contribution in [2.75, 3.05) is 11.5 Å². The molecule has 1 rings (SSSR count). The van der Waals surface area contributed by atoms with E-state index in [4.69, 9.17) is 6.42 Å². The fourth-order valence-electron chi connectivity index (χ4n) is 3.05. The summed E-state index contributed by atoms with van der Waals surface area (Å²) in [5.74, 6) is 2.31. The molecular weight excluding hydrogens is 524 g/mol. The van der Waals surface area contributed by atoms with Crippen LogP contribution < -0.4 is 10.6 Å². The summed E-state index contributed by atoms with van der Waals surface area (Å²) in [5.41, 5.74) is -4.35. The lowest BCUT2D eigenvalue weighted by Crippen LogP contribution is -2.60. The van der Waals surface area contributed by atoms with Crippen molar-refractivity contribution >= 4 is 33.6 Å². The van der Waals surface area contributed by atoms with Gasteiger partial charge in [0.25, 0.3) is 0 Å². The van der Waals surface area contributed by atoms with Crippen molar-refractivity contribution in [3.63, 3.8) is 0 Å². The highest BCUT2D eigenvalue weighted by atomic mass is 79.9. The second-order valence-electron chi connectivity index (χ2n) is 8.66. The van der Waals surface area contributed by atoms with E-state index in [2.05, 4.69) is 32.5 Å². The number of halogens is 5. The molecule has 0 aromatic heterocycles. The van der Waals surface area contributed by atoms with Crippen molar-refractivity contribution in [1.82, 2.24) is 10.6 Å². The number of nitrogens with one attached hydrogen (secondary N) is 2. The molecule has 3 N–H and O–H groups in total. The van der Waals surface area contributed by atoms with E-state index < -0.39 is 41.5 Å². The maximum Gasteiger partial charge on any atom is 0.410 e. The van der Waals surface area contributed by atoms with Gasteiger partial charge in [0, 0.05) is 10.2 Å². The molecule has 1 unspecified atom stereocenters. The highest BCUT2D eigenvalue weighted by molar-refractivity contribution is 9.10. The molecule has 0 aliphatic carbocycles. The Morgan fingerprint density at radius 1 is 1.21 bits per heavy atom. The van der Waals surface area contributed by atoms with Gasteiger partial charge in [-0.05, 0) is 58.2 Å². The van der Waals surface area contributed by atoms with Crippen molar-refractivity contribution in [3.8, 4) is 12.3 Å². The zero-order valence-electron chi connectivity index (χ0n) is 19.1. The van der Waals surface area contributed by atoms with Crippen molar-refractivity contribution in [1.29, 1.82) is 0 Å². The molecule has 1 aromatic carbocycles. The zero-order chi connectivity index (χ0) is 25.4. The molecule has 0 aliphatic heterocycles. The highest BCUT2D eigenvalue weighted by Gasteiger charge is 2.54. The Morgan fingerprint density at radius 2 is 1.79 bits per heavy atom. The van der Waals surface area contributed by atoms with Crippen LogP contribution in [0.2, 0.25) is 0 Å². The number of carbonyl (C=O) groups is 1. The number of rotatable bonds is 12. The summed E-state index contributed by atoms with van der Waals surface area (Å²) in [5, 5.41) is 15.1. The molecule has 0 aliphatic rings. The third-order valence-corrected chi connectivity index (χ3v) is 6.68. The van der Waals surface area contributed by atoms with E-state index in [9.17, 15) is 27.5 Å². The van der Waals surface area contributed by atoms with Crippen LogP contribution in [-0.2, 0) is 10.3 Å². The summed E-state index contributed by atoms with van der Waals surface area (Å²) in [6.45, 7) is 5.02. The highest BCUT2D eigenvalue weighted by Crippen LogP contribution is 2.40. The quantitative estimate of drug-likeness (QED) is 0.194. The van der Waals surface area contributed by atoms with E-state index in [0.29, 0.717) is 10.2 Å². The zero-order valence-corrected chi connectivity index (χ0v) is 21.5. The second kappa shape index (κ2) is 12.4. The van der Waals surface area contributed by atoms with Crippen molar-refractivity contribution in [3.05, 3.63) is 34.3 Å². The molecule has 0 spiro atoms. The minimum atomic E-state index is -4.75. The molecule has 0 radical (unpaired) electrons. The molecule has 0 saturated carbocycles. The standard InChI is InChI=1S/C23H31BrF4N2O2S/c1-6-13-33-14-19(15(2)31)29-20(32)18(11-12-21(3,4)25)30-22(5,23(26,27)28)16-7-9-17(24)10-8-16/h1,7-10,15,18-19,30-31H,11-14H2,2-5H3,(H,29,32)/t15?,18-,19-,22-/m0/s1. The fraction of sp³-hybridized carbons (Fsp3) is 0.609. The lowest BCUT2D eigenvalue weighted by molar-refractivity contribution is -0.198. The van der Waals surface area contributed by atoms with Crippen molar-refractivity contribution in [2.24, 2.45) is 0 Å². The van der Waals surface area contributed by atoms with Crippen LogP contribution in [0.1, 0.15) is 46.1 Å². The Morgan fingerprint density at radius 3 is 2.24 bits per heavy atom. The van der Waals surface area contributed by atoms with E-state index in [1.807, 2.05) is 0 Å². The van der Waals surface area contributed by atoms with Crippen LogP contribution in [0.3, 0.4) is 0 Å². The summed E-state index contributed by atoms with van der Waals surface area (Å²) in [6.07, 6.45) is -0.814. The van der Waals surface area contributed by atoms with E-state index >= 15 is 0 Å². The molecule has 0 heterocycles. The van der Waals surface area contributed by atoms with Gasteiger partial charge in [0.15, 0.2) is 0 Å². The lowest BCUT2D eigenvalue weighted by atomic mass is 9.88. The SMILES string of the molecule is C#CCSC[C@H](NC(=O)[C@H](CCC(C)(C)F)N[C@@](C)(c1ccc(Br)cc1)C(F)(F)F)C(C)O. The number of aliphatic hydroxyl groups is 1. The van der Waals surface area contributed by atoms with Crippen LogP contribution in [0.25, 0.3) is 0 Å². The maximum atomic E-state index is 14.2. The first-order valence-corrected chi connectivity index (χ1v) is 12.3. The molecule has 186 valence electrons. The van der Waals surface area contributed by atoms with Gasteiger partial charge in [-0.3, -0.25) is 10.1 Å². The van der Waals surface area contributed by atoms with Crippen molar-refractivity contribution < 1.29 is 27.5 Å². The minimum absolute atomic E-state index is 0.0906. The van der Waals surface area contributed by atoms with Crippen LogP contribution in [0.4, 0.5) is 17.6 Å². The van der Waals surface area contributed by atoms with E-state index in [0.717, 1.165) is 6.92 Å². The second-order valence-corrected chi connectivity index (χ2v) is 10.6. The number of terminal acetylenes is 1. The third-order valence-electron chi connectivity index (χ3n) is 5.19. The van der Waals surface area contributed by atoms with E-state index in [1.165, 1.54) is 56.8 Å². The number of carbonyl (C=O) groups excluding carboxylic acids is 1. The number of thioether (sulfide) groups is 1. The van der Waals surface area contributed by atoms with E-state index in [1.54, 1.807) is 0 Å². The largest absolute Gasteiger partial charge is 0.410 e. The van der Waals surface area contributed by atoms with Gasteiger partial charge >= 0.3 is 6.18 Å². The molecule has 1 amide bonds. The molecule has 1 aromatic rings. The maximum absolute atomic E-state index is 14.2. The average Bonchev–Trinajstić information content (AvgIpc) is 2.69. The summed E-state index contributed by atoms with van der Waals surface area (Å²) in [7, 11) is 0. The minimum Gasteiger partial charge on any atom is -0.391 e. The molecule has 4 nitrogen and oxygen atoms in total. The topological polar surface area (TPSA) is 61.4 Å². The van der Waals surface area contributed by atoms with Gasteiger partial charge in [0.1, 0.15) is 11.2 Å². The number of amides is 1. The molecular formula is C23H31BrF4N2O2S. The third kappa shape index (κ3) is 9.47. The Labute approximate surface area is 205 Å². The molecule has 33 heavy (non-hydrogen) atoms.